The largest absolute Gasteiger partial charge is 0.504 e. The Kier molecular flexibility index (Phi) is 6.10. The lowest BCUT2D eigenvalue weighted by Crippen LogP contribution is -2.18. The van der Waals surface area contributed by atoms with E-state index in [0.717, 1.165) is 18.3 Å². The number of benzene rings is 2. The highest BCUT2D eigenvalue weighted by Crippen LogP contribution is 2.33. The average Bonchev–Trinajstić information content (AvgIpc) is 2.63. The lowest BCUT2D eigenvalue weighted by molar-refractivity contribution is -0.385. The molecule has 0 saturated heterocycles. The summed E-state index contributed by atoms with van der Waals surface area (Å²) in [6.45, 7) is 2.19. The predicted molar refractivity (Wildman–Crippen MR) is 94.0 cm³/mol. The number of phenols is 1. The molecule has 2 rings (SSSR count). The quantitative estimate of drug-likeness (QED) is 0.445. The van der Waals surface area contributed by atoms with Crippen LogP contribution in [0.2, 0.25) is 0 Å². The molecule has 0 aliphatic heterocycles. The average molecular weight is 359 g/mol. The molecule has 0 aliphatic carbocycles. The van der Waals surface area contributed by atoms with Crippen molar-refractivity contribution < 1.29 is 24.3 Å². The Morgan fingerprint density at radius 3 is 2.73 bits per heavy atom. The highest BCUT2D eigenvalue weighted by atomic mass is 16.6. The van der Waals surface area contributed by atoms with Gasteiger partial charge in [0.05, 0.1) is 36.5 Å². The molecule has 26 heavy (non-hydrogen) atoms. The van der Waals surface area contributed by atoms with E-state index in [1.807, 2.05) is 0 Å². The second-order valence-corrected chi connectivity index (χ2v) is 4.97. The minimum absolute atomic E-state index is 0.0226. The molecule has 0 radical (unpaired) electrons. The second kappa shape index (κ2) is 8.47. The fraction of sp³-hybridized carbons (Fsp3) is 0.176. The number of phenolic OH excluding ortho intramolecular Hbond substituents is 1. The summed E-state index contributed by atoms with van der Waals surface area (Å²) in [6, 6.07) is 8.84. The lowest BCUT2D eigenvalue weighted by atomic mass is 10.1. The SMILES string of the molecule is CCOc1ccccc1C(=O)NN=Cc1cc([N+](=O)[O-])cc(OC)c1O. The summed E-state index contributed by atoms with van der Waals surface area (Å²) in [5.74, 6) is -0.524. The minimum atomic E-state index is -0.629. The van der Waals surface area contributed by atoms with Crippen LogP contribution in [0.1, 0.15) is 22.8 Å². The van der Waals surface area contributed by atoms with Gasteiger partial charge in [-0.15, -0.1) is 0 Å². The molecule has 0 heterocycles. The number of hydrogen-bond donors (Lipinski definition) is 2. The Balaban J connectivity index is 2.22. The number of nitro benzene ring substituents is 1. The maximum Gasteiger partial charge on any atom is 0.275 e. The number of hydrazone groups is 1. The first-order chi connectivity index (χ1) is 12.5. The van der Waals surface area contributed by atoms with E-state index in [9.17, 15) is 20.0 Å². The number of nitrogens with zero attached hydrogens (tertiary/aromatic N) is 2. The van der Waals surface area contributed by atoms with Crippen molar-refractivity contribution in [2.45, 2.75) is 6.92 Å². The molecular weight excluding hydrogens is 342 g/mol. The number of methoxy groups -OCH3 is 1. The molecule has 2 aromatic carbocycles. The zero-order valence-electron chi connectivity index (χ0n) is 14.1. The van der Waals surface area contributed by atoms with Crippen LogP contribution in [-0.4, -0.2) is 35.9 Å². The summed E-state index contributed by atoms with van der Waals surface area (Å²) in [4.78, 5) is 22.5. The molecule has 0 saturated carbocycles. The van der Waals surface area contributed by atoms with Gasteiger partial charge in [-0.1, -0.05) is 12.1 Å². The smallest absolute Gasteiger partial charge is 0.275 e. The molecule has 0 aliphatic rings. The third kappa shape index (κ3) is 4.26. The van der Waals surface area contributed by atoms with Crippen molar-refractivity contribution in [3.63, 3.8) is 0 Å². The van der Waals surface area contributed by atoms with Gasteiger partial charge in [0.1, 0.15) is 5.75 Å². The molecule has 2 N–H and O–H groups in total. The van der Waals surface area contributed by atoms with Crippen molar-refractivity contribution in [3.8, 4) is 17.2 Å². The Hall–Kier alpha value is -3.62. The highest BCUT2D eigenvalue weighted by molar-refractivity contribution is 5.97. The van der Waals surface area contributed by atoms with Crippen molar-refractivity contribution in [2.24, 2.45) is 5.10 Å². The molecule has 0 aromatic heterocycles. The Morgan fingerprint density at radius 1 is 1.35 bits per heavy atom. The molecule has 9 nitrogen and oxygen atoms in total. The Labute approximate surface area is 149 Å². The molecule has 0 fully saturated rings. The summed E-state index contributed by atoms with van der Waals surface area (Å²) in [7, 11) is 1.27. The lowest BCUT2D eigenvalue weighted by Gasteiger charge is -2.08. The number of rotatable bonds is 7. The predicted octanol–water partition coefficient (Wildman–Crippen LogP) is 2.47. The number of ether oxygens (including phenoxy) is 2. The second-order valence-electron chi connectivity index (χ2n) is 4.97. The number of nitrogens with one attached hydrogen (secondary N) is 1. The van der Waals surface area contributed by atoms with Crippen LogP contribution < -0.4 is 14.9 Å². The zero-order chi connectivity index (χ0) is 19.1. The Morgan fingerprint density at radius 2 is 2.08 bits per heavy atom. The number of hydrogen-bond acceptors (Lipinski definition) is 7. The number of non-ortho nitro benzene ring substituents is 1. The monoisotopic (exact) mass is 359 g/mol. The molecule has 1 amide bonds. The number of amides is 1. The van der Waals surface area contributed by atoms with Crippen LogP contribution in [0.5, 0.6) is 17.2 Å². The zero-order valence-corrected chi connectivity index (χ0v) is 14.1. The number of carbonyl (C=O) groups excluding carboxylic acids is 1. The van der Waals surface area contributed by atoms with Crippen LogP contribution >= 0.6 is 0 Å². The van der Waals surface area contributed by atoms with E-state index in [1.54, 1.807) is 31.2 Å². The first-order valence-corrected chi connectivity index (χ1v) is 7.58. The van der Waals surface area contributed by atoms with Crippen molar-refractivity contribution >= 4 is 17.8 Å². The van der Waals surface area contributed by atoms with E-state index < -0.39 is 10.8 Å². The summed E-state index contributed by atoms with van der Waals surface area (Å²) >= 11 is 0. The first kappa shape index (κ1) is 18.7. The molecule has 136 valence electrons. The summed E-state index contributed by atoms with van der Waals surface area (Å²) in [5.41, 5.74) is 2.31. The van der Waals surface area contributed by atoms with Crippen molar-refractivity contribution in [1.29, 1.82) is 0 Å². The van der Waals surface area contributed by atoms with Gasteiger partial charge >= 0.3 is 0 Å². The molecular formula is C17H17N3O6. The molecule has 0 unspecified atom stereocenters. The highest BCUT2D eigenvalue weighted by Gasteiger charge is 2.16. The van der Waals surface area contributed by atoms with Crippen LogP contribution in [0.25, 0.3) is 0 Å². The molecule has 2 aromatic rings. The molecule has 0 atom stereocenters. The Bertz CT molecular complexity index is 850. The molecule has 0 spiro atoms. The van der Waals surface area contributed by atoms with Gasteiger partial charge in [-0.25, -0.2) is 5.43 Å². The normalized spacial score (nSPS) is 10.5. The van der Waals surface area contributed by atoms with Crippen LogP contribution in [-0.2, 0) is 0 Å². The van der Waals surface area contributed by atoms with E-state index in [0.29, 0.717) is 12.4 Å². The van der Waals surface area contributed by atoms with E-state index >= 15 is 0 Å². The fourth-order valence-electron chi connectivity index (χ4n) is 2.13. The molecule has 9 heteroatoms. The van der Waals surface area contributed by atoms with Gasteiger partial charge in [0, 0.05) is 11.6 Å². The van der Waals surface area contributed by atoms with E-state index in [2.05, 4.69) is 10.5 Å². The van der Waals surface area contributed by atoms with Crippen LogP contribution in [0.4, 0.5) is 5.69 Å². The first-order valence-electron chi connectivity index (χ1n) is 7.58. The van der Waals surface area contributed by atoms with Gasteiger partial charge < -0.3 is 14.6 Å². The third-order valence-corrected chi connectivity index (χ3v) is 3.32. The summed E-state index contributed by atoms with van der Waals surface area (Å²) in [5, 5.41) is 24.7. The fourth-order valence-corrected chi connectivity index (χ4v) is 2.13. The minimum Gasteiger partial charge on any atom is -0.504 e. The number of nitro groups is 1. The molecule has 0 bridgehead atoms. The van der Waals surface area contributed by atoms with Gasteiger partial charge in [0.15, 0.2) is 11.5 Å². The summed E-state index contributed by atoms with van der Waals surface area (Å²) < 4.78 is 10.3. The topological polar surface area (TPSA) is 123 Å². The van der Waals surface area contributed by atoms with Gasteiger partial charge in [0.2, 0.25) is 0 Å². The maximum atomic E-state index is 12.2. The standard InChI is InChI=1S/C17H17N3O6/c1-3-26-14-7-5-4-6-13(14)17(22)19-18-10-11-8-12(20(23)24)9-15(25-2)16(11)21/h4-10,21H,3H2,1-2H3,(H,19,22). The van der Waals surface area contributed by atoms with E-state index in [4.69, 9.17) is 9.47 Å². The van der Waals surface area contributed by atoms with Gasteiger partial charge in [-0.05, 0) is 19.1 Å². The third-order valence-electron chi connectivity index (χ3n) is 3.32. The van der Waals surface area contributed by atoms with Crippen LogP contribution in [0, 0.1) is 10.1 Å². The maximum absolute atomic E-state index is 12.2. The van der Waals surface area contributed by atoms with E-state index in [1.165, 1.54) is 7.11 Å². The van der Waals surface area contributed by atoms with Crippen LogP contribution in [0.15, 0.2) is 41.5 Å². The van der Waals surface area contributed by atoms with Crippen molar-refractivity contribution in [1.82, 2.24) is 5.43 Å². The number of carbonyl (C=O) groups is 1. The van der Waals surface area contributed by atoms with Crippen molar-refractivity contribution in [3.05, 3.63) is 57.6 Å². The summed E-state index contributed by atoms with van der Waals surface area (Å²) in [6.07, 6.45) is 1.09. The van der Waals surface area contributed by atoms with Gasteiger partial charge in [-0.3, -0.25) is 14.9 Å². The van der Waals surface area contributed by atoms with Gasteiger partial charge in [-0.2, -0.15) is 5.10 Å². The number of aromatic hydroxyl groups is 1. The van der Waals surface area contributed by atoms with Crippen LogP contribution in [0.3, 0.4) is 0 Å². The van der Waals surface area contributed by atoms with E-state index in [-0.39, 0.29) is 28.3 Å². The van der Waals surface area contributed by atoms with Crippen molar-refractivity contribution in [2.75, 3.05) is 13.7 Å². The van der Waals surface area contributed by atoms with Gasteiger partial charge in [0.25, 0.3) is 11.6 Å². The number of para-hydroxylation sites is 1.